The third-order valence-corrected chi connectivity index (χ3v) is 2.83. The van der Waals surface area contributed by atoms with E-state index in [1.165, 1.54) is 0 Å². The zero-order chi connectivity index (χ0) is 15.8. The highest BCUT2D eigenvalue weighted by Crippen LogP contribution is 2.06. The number of aromatic nitrogens is 1. The average Bonchev–Trinajstić information content (AvgIpc) is 2.91. The molecule has 0 aliphatic heterocycles. The number of carbonyl (C=O) groups excluding carboxylic acids is 2. The van der Waals surface area contributed by atoms with Crippen LogP contribution in [0.2, 0.25) is 0 Å². The molecule has 0 aliphatic rings. The molecule has 0 spiro atoms. The lowest BCUT2D eigenvalue weighted by Gasteiger charge is -2.07. The van der Waals surface area contributed by atoms with E-state index >= 15 is 0 Å². The molecule has 2 aromatic rings. The number of carbonyl (C=O) groups is 2. The first-order chi connectivity index (χ1) is 10.6. The van der Waals surface area contributed by atoms with Gasteiger partial charge in [-0.25, -0.2) is 4.79 Å². The summed E-state index contributed by atoms with van der Waals surface area (Å²) in [6.45, 7) is 2.42. The van der Waals surface area contributed by atoms with Crippen LogP contribution in [0.1, 0.15) is 17.7 Å². The molecule has 0 aliphatic carbocycles. The normalized spacial score (nSPS) is 10.0. The van der Waals surface area contributed by atoms with Gasteiger partial charge in [0.15, 0.2) is 5.82 Å². The van der Waals surface area contributed by atoms with Crippen molar-refractivity contribution in [2.24, 2.45) is 0 Å². The lowest BCUT2D eigenvalue weighted by atomic mass is 10.2. The summed E-state index contributed by atoms with van der Waals surface area (Å²) < 4.78 is 4.84. The summed E-state index contributed by atoms with van der Waals surface area (Å²) in [5, 5.41) is 11.6. The zero-order valence-corrected chi connectivity index (χ0v) is 12.3. The molecular formula is C15H18N4O3. The Bertz CT molecular complexity index is 625. The van der Waals surface area contributed by atoms with E-state index in [2.05, 4.69) is 21.1 Å². The Labute approximate surface area is 128 Å². The number of anilines is 1. The van der Waals surface area contributed by atoms with E-state index in [-0.39, 0.29) is 24.9 Å². The molecule has 0 bridgehead atoms. The quantitative estimate of drug-likeness (QED) is 0.758. The molecule has 1 aromatic carbocycles. The van der Waals surface area contributed by atoms with Gasteiger partial charge >= 0.3 is 6.03 Å². The Hall–Kier alpha value is -2.83. The van der Waals surface area contributed by atoms with Crippen LogP contribution in [-0.2, 0) is 11.3 Å². The van der Waals surface area contributed by atoms with Crippen LogP contribution in [0.25, 0.3) is 0 Å². The smallest absolute Gasteiger partial charge is 0.315 e. The van der Waals surface area contributed by atoms with E-state index in [9.17, 15) is 9.59 Å². The summed E-state index contributed by atoms with van der Waals surface area (Å²) in [5.74, 6) is 0.751. The lowest BCUT2D eigenvalue weighted by Crippen LogP contribution is -2.36. The molecule has 0 radical (unpaired) electrons. The van der Waals surface area contributed by atoms with E-state index in [1.54, 1.807) is 13.0 Å². The monoisotopic (exact) mass is 302 g/mol. The Morgan fingerprint density at radius 2 is 1.95 bits per heavy atom. The summed E-state index contributed by atoms with van der Waals surface area (Å²) in [6.07, 6.45) is 0.157. The van der Waals surface area contributed by atoms with Gasteiger partial charge in [-0.05, 0) is 12.5 Å². The SMILES string of the molecule is Cc1cc(NC(=O)CCNC(=O)NCc2ccccc2)no1. The van der Waals surface area contributed by atoms with Crippen LogP contribution in [0.4, 0.5) is 10.6 Å². The first-order valence-electron chi connectivity index (χ1n) is 6.92. The van der Waals surface area contributed by atoms with Crippen molar-refractivity contribution in [2.75, 3.05) is 11.9 Å². The highest BCUT2D eigenvalue weighted by atomic mass is 16.5. The number of benzene rings is 1. The van der Waals surface area contributed by atoms with Gasteiger partial charge < -0.3 is 20.5 Å². The van der Waals surface area contributed by atoms with Gasteiger partial charge in [-0.3, -0.25) is 4.79 Å². The molecule has 0 saturated carbocycles. The van der Waals surface area contributed by atoms with Crippen molar-refractivity contribution in [1.82, 2.24) is 15.8 Å². The number of nitrogens with one attached hydrogen (secondary N) is 3. The van der Waals surface area contributed by atoms with Gasteiger partial charge in [-0.2, -0.15) is 0 Å². The fourth-order valence-electron chi connectivity index (χ4n) is 1.76. The molecule has 3 amide bonds. The third kappa shape index (κ3) is 5.28. The van der Waals surface area contributed by atoms with Gasteiger partial charge in [0.1, 0.15) is 5.76 Å². The maximum absolute atomic E-state index is 11.6. The van der Waals surface area contributed by atoms with E-state index in [4.69, 9.17) is 4.52 Å². The van der Waals surface area contributed by atoms with Gasteiger partial charge in [0.2, 0.25) is 5.91 Å². The molecule has 0 unspecified atom stereocenters. The number of rotatable bonds is 6. The van der Waals surface area contributed by atoms with Crippen LogP contribution in [0.3, 0.4) is 0 Å². The number of urea groups is 1. The summed E-state index contributed by atoms with van der Waals surface area (Å²) >= 11 is 0. The molecule has 0 atom stereocenters. The Morgan fingerprint density at radius 1 is 1.18 bits per heavy atom. The van der Waals surface area contributed by atoms with Crippen LogP contribution in [0.5, 0.6) is 0 Å². The minimum atomic E-state index is -0.311. The van der Waals surface area contributed by atoms with Crippen molar-refractivity contribution in [3.05, 3.63) is 47.7 Å². The molecule has 1 aromatic heterocycles. The van der Waals surface area contributed by atoms with Gasteiger partial charge in [-0.1, -0.05) is 35.5 Å². The van der Waals surface area contributed by atoms with Gasteiger partial charge in [-0.15, -0.1) is 0 Å². The first-order valence-corrected chi connectivity index (χ1v) is 6.92. The standard InChI is InChI=1S/C15H18N4O3/c1-11-9-13(19-22-11)18-14(20)7-8-16-15(21)17-10-12-5-3-2-4-6-12/h2-6,9H,7-8,10H2,1H3,(H2,16,17,21)(H,18,19,20). The van der Waals surface area contributed by atoms with Gasteiger partial charge in [0, 0.05) is 25.6 Å². The summed E-state index contributed by atoms with van der Waals surface area (Å²) in [5.41, 5.74) is 1.01. The lowest BCUT2D eigenvalue weighted by molar-refractivity contribution is -0.116. The van der Waals surface area contributed by atoms with Gasteiger partial charge in [0.25, 0.3) is 0 Å². The zero-order valence-electron chi connectivity index (χ0n) is 12.3. The second-order valence-electron chi connectivity index (χ2n) is 4.72. The minimum absolute atomic E-state index is 0.157. The molecule has 0 fully saturated rings. The molecule has 1 heterocycles. The minimum Gasteiger partial charge on any atom is -0.360 e. The highest BCUT2D eigenvalue weighted by molar-refractivity contribution is 5.90. The maximum atomic E-state index is 11.6. The van der Waals surface area contributed by atoms with Crippen molar-refractivity contribution in [3.63, 3.8) is 0 Å². The molecule has 116 valence electrons. The molecule has 3 N–H and O–H groups in total. The second-order valence-corrected chi connectivity index (χ2v) is 4.72. The maximum Gasteiger partial charge on any atom is 0.315 e. The van der Waals surface area contributed by atoms with Crippen molar-refractivity contribution in [2.45, 2.75) is 19.9 Å². The van der Waals surface area contributed by atoms with Crippen LogP contribution in [0, 0.1) is 6.92 Å². The van der Waals surface area contributed by atoms with E-state index in [0.717, 1.165) is 5.56 Å². The van der Waals surface area contributed by atoms with E-state index in [0.29, 0.717) is 18.1 Å². The van der Waals surface area contributed by atoms with Crippen LogP contribution < -0.4 is 16.0 Å². The molecule has 7 heteroatoms. The molecule has 7 nitrogen and oxygen atoms in total. The van der Waals surface area contributed by atoms with E-state index in [1.807, 2.05) is 30.3 Å². The molecular weight excluding hydrogens is 284 g/mol. The first kappa shape index (κ1) is 15.6. The number of nitrogens with zero attached hydrogens (tertiary/aromatic N) is 1. The highest BCUT2D eigenvalue weighted by Gasteiger charge is 2.07. The summed E-state index contributed by atoms with van der Waals surface area (Å²) in [7, 11) is 0. The molecule has 2 rings (SSSR count). The van der Waals surface area contributed by atoms with Crippen molar-refractivity contribution in [1.29, 1.82) is 0 Å². The number of hydrogen-bond acceptors (Lipinski definition) is 4. The Morgan fingerprint density at radius 3 is 2.64 bits per heavy atom. The van der Waals surface area contributed by atoms with E-state index < -0.39 is 0 Å². The second kappa shape index (κ2) is 7.82. The number of hydrogen-bond donors (Lipinski definition) is 3. The summed E-state index contributed by atoms with van der Waals surface area (Å²) in [6, 6.07) is 10.9. The van der Waals surface area contributed by atoms with Crippen molar-refractivity contribution >= 4 is 17.8 Å². The topological polar surface area (TPSA) is 96.3 Å². The van der Waals surface area contributed by atoms with Crippen LogP contribution in [0.15, 0.2) is 40.9 Å². The largest absolute Gasteiger partial charge is 0.360 e. The number of aryl methyl sites for hydroxylation is 1. The summed E-state index contributed by atoms with van der Waals surface area (Å²) in [4.78, 5) is 23.2. The Kier molecular flexibility index (Phi) is 5.53. The van der Waals surface area contributed by atoms with Crippen molar-refractivity contribution in [3.8, 4) is 0 Å². The predicted molar refractivity (Wildman–Crippen MR) is 81.2 cm³/mol. The molecule has 22 heavy (non-hydrogen) atoms. The third-order valence-electron chi connectivity index (χ3n) is 2.83. The average molecular weight is 302 g/mol. The van der Waals surface area contributed by atoms with Gasteiger partial charge in [0.05, 0.1) is 0 Å². The Balaban J connectivity index is 1.61. The fraction of sp³-hybridized carbons (Fsp3) is 0.267. The molecule has 0 saturated heterocycles. The van der Waals surface area contributed by atoms with Crippen molar-refractivity contribution < 1.29 is 14.1 Å². The predicted octanol–water partition coefficient (Wildman–Crippen LogP) is 1.81. The fourth-order valence-corrected chi connectivity index (χ4v) is 1.76. The van der Waals surface area contributed by atoms with Crippen LogP contribution in [-0.4, -0.2) is 23.6 Å². The number of amides is 3. The van der Waals surface area contributed by atoms with Crippen LogP contribution >= 0.6 is 0 Å².